The number of amidine groups is 1. The van der Waals surface area contributed by atoms with E-state index in [9.17, 15) is 0 Å². The summed E-state index contributed by atoms with van der Waals surface area (Å²) in [7, 11) is 0. The molecule has 0 unspecified atom stereocenters. The summed E-state index contributed by atoms with van der Waals surface area (Å²) < 4.78 is 0. The van der Waals surface area contributed by atoms with Crippen LogP contribution in [0.5, 0.6) is 0 Å². The summed E-state index contributed by atoms with van der Waals surface area (Å²) in [6.07, 6.45) is 0. The molecule has 0 aromatic rings. The molecule has 0 spiro atoms. The van der Waals surface area contributed by atoms with Crippen molar-refractivity contribution < 1.29 is 0 Å². The van der Waals surface area contributed by atoms with E-state index >= 15 is 0 Å². The van der Waals surface area contributed by atoms with Crippen molar-refractivity contribution in [3.05, 3.63) is 0 Å². The van der Waals surface area contributed by atoms with Crippen LogP contribution in [0.15, 0.2) is 0 Å². The Kier molecular flexibility index (Phi) is 3.65. The molecule has 0 aliphatic rings. The molecule has 0 rings (SSSR count). The van der Waals surface area contributed by atoms with Crippen LogP contribution in [0.4, 0.5) is 0 Å². The standard InChI is InChI=1S/C5H13N3S/c1-3(6)4(2)9-5(7)8/h3-4H,6H2,1-2H3,(H3,7,8)/t3-,4-/m1/s1. The van der Waals surface area contributed by atoms with Crippen LogP contribution in [0.1, 0.15) is 13.8 Å². The lowest BCUT2D eigenvalue weighted by Crippen LogP contribution is -2.28. The highest BCUT2D eigenvalue weighted by molar-refractivity contribution is 8.14. The monoisotopic (exact) mass is 147 g/mol. The molecule has 0 fully saturated rings. The van der Waals surface area contributed by atoms with Gasteiger partial charge in [0.15, 0.2) is 5.17 Å². The first-order valence-electron chi connectivity index (χ1n) is 2.80. The predicted octanol–water partition coefficient (Wildman–Crippen LogP) is 0.349. The molecular weight excluding hydrogens is 134 g/mol. The Morgan fingerprint density at radius 1 is 1.56 bits per heavy atom. The van der Waals surface area contributed by atoms with Crippen LogP contribution < -0.4 is 11.5 Å². The minimum atomic E-state index is 0.0962. The van der Waals surface area contributed by atoms with E-state index < -0.39 is 0 Å². The second-order valence-corrected chi connectivity index (χ2v) is 3.47. The van der Waals surface area contributed by atoms with Crippen molar-refractivity contribution in [1.82, 2.24) is 0 Å². The highest BCUT2D eigenvalue weighted by Crippen LogP contribution is 2.10. The van der Waals surface area contributed by atoms with Gasteiger partial charge in [-0.3, -0.25) is 5.41 Å². The van der Waals surface area contributed by atoms with E-state index in [-0.39, 0.29) is 16.5 Å². The summed E-state index contributed by atoms with van der Waals surface area (Å²) >= 11 is 1.30. The Bertz CT molecular complexity index is 102. The van der Waals surface area contributed by atoms with E-state index in [1.165, 1.54) is 11.8 Å². The zero-order valence-corrected chi connectivity index (χ0v) is 6.53. The average Bonchev–Trinajstić information content (AvgIpc) is 1.63. The van der Waals surface area contributed by atoms with Gasteiger partial charge in [0.2, 0.25) is 0 Å². The van der Waals surface area contributed by atoms with Crippen LogP contribution in [0.25, 0.3) is 0 Å². The zero-order valence-electron chi connectivity index (χ0n) is 5.72. The fraction of sp³-hybridized carbons (Fsp3) is 0.800. The van der Waals surface area contributed by atoms with Gasteiger partial charge >= 0.3 is 0 Å². The highest BCUT2D eigenvalue weighted by Gasteiger charge is 2.08. The van der Waals surface area contributed by atoms with Crippen LogP contribution in [-0.2, 0) is 0 Å². The van der Waals surface area contributed by atoms with Gasteiger partial charge in [-0.25, -0.2) is 0 Å². The second kappa shape index (κ2) is 3.74. The average molecular weight is 147 g/mol. The normalized spacial score (nSPS) is 16.8. The molecule has 0 bridgehead atoms. The third kappa shape index (κ3) is 4.29. The maximum absolute atomic E-state index is 6.90. The fourth-order valence-electron chi connectivity index (χ4n) is 0.308. The molecule has 0 aromatic carbocycles. The van der Waals surface area contributed by atoms with Crippen molar-refractivity contribution in [3.8, 4) is 0 Å². The Hall–Kier alpha value is -0.220. The molecule has 3 nitrogen and oxygen atoms in total. The van der Waals surface area contributed by atoms with E-state index in [0.29, 0.717) is 0 Å². The topological polar surface area (TPSA) is 75.9 Å². The van der Waals surface area contributed by atoms with Crippen LogP contribution in [0.3, 0.4) is 0 Å². The van der Waals surface area contributed by atoms with Gasteiger partial charge in [-0.15, -0.1) is 0 Å². The van der Waals surface area contributed by atoms with Crippen LogP contribution >= 0.6 is 11.8 Å². The molecule has 4 heteroatoms. The van der Waals surface area contributed by atoms with Gasteiger partial charge in [0.05, 0.1) is 0 Å². The molecule has 0 saturated heterocycles. The Labute approximate surface area is 59.7 Å². The SMILES string of the molecule is C[C@@H](N)[C@@H](C)SC(=N)N. The van der Waals surface area contributed by atoms with Gasteiger partial charge in [-0.2, -0.15) is 0 Å². The molecule has 0 aliphatic heterocycles. The van der Waals surface area contributed by atoms with E-state index in [1.807, 2.05) is 13.8 Å². The van der Waals surface area contributed by atoms with Gasteiger partial charge in [0.1, 0.15) is 0 Å². The lowest BCUT2D eigenvalue weighted by molar-refractivity contribution is 0.733. The fourth-order valence-corrected chi connectivity index (χ4v) is 0.923. The Morgan fingerprint density at radius 3 is 2.11 bits per heavy atom. The summed E-state index contributed by atoms with van der Waals surface area (Å²) in [6, 6.07) is 0.0962. The molecule has 0 radical (unpaired) electrons. The first-order chi connectivity index (χ1) is 4.04. The third-order valence-corrected chi connectivity index (χ3v) is 2.11. The van der Waals surface area contributed by atoms with Crippen molar-refractivity contribution in [1.29, 1.82) is 5.41 Å². The molecule has 54 valence electrons. The second-order valence-electron chi connectivity index (χ2n) is 2.05. The molecule has 0 amide bonds. The van der Waals surface area contributed by atoms with E-state index in [1.54, 1.807) is 0 Å². The number of hydrogen-bond donors (Lipinski definition) is 3. The zero-order chi connectivity index (χ0) is 7.44. The summed E-state index contributed by atoms with van der Waals surface area (Å²) in [6.45, 7) is 3.86. The quantitative estimate of drug-likeness (QED) is 0.389. The highest BCUT2D eigenvalue weighted by atomic mass is 32.2. The van der Waals surface area contributed by atoms with Gasteiger partial charge in [-0.05, 0) is 6.92 Å². The van der Waals surface area contributed by atoms with E-state index in [4.69, 9.17) is 16.9 Å². The van der Waals surface area contributed by atoms with Crippen molar-refractivity contribution in [2.75, 3.05) is 0 Å². The van der Waals surface area contributed by atoms with Gasteiger partial charge < -0.3 is 11.5 Å². The molecule has 0 saturated carbocycles. The maximum atomic E-state index is 6.90. The van der Waals surface area contributed by atoms with Crippen molar-refractivity contribution >= 4 is 16.9 Å². The van der Waals surface area contributed by atoms with E-state index in [2.05, 4.69) is 0 Å². The molecule has 5 N–H and O–H groups in total. The first kappa shape index (κ1) is 8.78. The van der Waals surface area contributed by atoms with Crippen molar-refractivity contribution in [3.63, 3.8) is 0 Å². The minimum Gasteiger partial charge on any atom is -0.379 e. The lowest BCUT2D eigenvalue weighted by atomic mass is 10.3. The molecule has 0 aromatic heterocycles. The third-order valence-electron chi connectivity index (χ3n) is 1.05. The largest absolute Gasteiger partial charge is 0.379 e. The van der Waals surface area contributed by atoms with Gasteiger partial charge in [0, 0.05) is 11.3 Å². The number of thioether (sulfide) groups is 1. The van der Waals surface area contributed by atoms with Crippen LogP contribution in [0.2, 0.25) is 0 Å². The van der Waals surface area contributed by atoms with E-state index in [0.717, 1.165) is 0 Å². The summed E-state index contributed by atoms with van der Waals surface area (Å²) in [5.41, 5.74) is 10.6. The Morgan fingerprint density at radius 2 is 2.00 bits per heavy atom. The van der Waals surface area contributed by atoms with Gasteiger partial charge in [-0.1, -0.05) is 18.7 Å². The smallest absolute Gasteiger partial charge is 0.151 e. The van der Waals surface area contributed by atoms with Crippen molar-refractivity contribution in [2.45, 2.75) is 25.1 Å². The molecule has 9 heavy (non-hydrogen) atoms. The van der Waals surface area contributed by atoms with Gasteiger partial charge in [0.25, 0.3) is 0 Å². The van der Waals surface area contributed by atoms with Crippen LogP contribution in [0, 0.1) is 5.41 Å². The molecule has 0 aliphatic carbocycles. The maximum Gasteiger partial charge on any atom is 0.151 e. The number of nitrogens with two attached hydrogens (primary N) is 2. The predicted molar refractivity (Wildman–Crippen MR) is 42.6 cm³/mol. The number of nitrogens with one attached hydrogen (secondary N) is 1. The minimum absolute atomic E-state index is 0.0962. The summed E-state index contributed by atoms with van der Waals surface area (Å²) in [5.74, 6) is 0. The Balaban J connectivity index is 3.50. The lowest BCUT2D eigenvalue weighted by Gasteiger charge is -2.12. The molecule has 2 atom stereocenters. The summed E-state index contributed by atoms with van der Waals surface area (Å²) in [5, 5.41) is 7.28. The molecule has 0 heterocycles. The number of hydrogen-bond acceptors (Lipinski definition) is 3. The number of rotatable bonds is 2. The van der Waals surface area contributed by atoms with Crippen LogP contribution in [-0.4, -0.2) is 16.5 Å². The summed E-state index contributed by atoms with van der Waals surface area (Å²) in [4.78, 5) is 0. The first-order valence-corrected chi connectivity index (χ1v) is 3.68. The van der Waals surface area contributed by atoms with Crippen molar-refractivity contribution in [2.24, 2.45) is 11.5 Å². The molecular formula is C5H13N3S.